The maximum Gasteiger partial charge on any atom is 0.246 e. The van der Waals surface area contributed by atoms with E-state index >= 15 is 4.39 Å². The van der Waals surface area contributed by atoms with Crippen molar-refractivity contribution in [2.45, 2.75) is 46.2 Å². The maximum atomic E-state index is 15.9. The number of benzene rings is 1. The number of amides is 1. The number of carbonyl (C=O) groups is 1. The molecule has 0 saturated carbocycles. The number of aromatic hydroxyl groups is 1. The summed E-state index contributed by atoms with van der Waals surface area (Å²) in [6.07, 6.45) is 1.78. The first kappa shape index (κ1) is 27.8. The molecule has 5 heterocycles. The fourth-order valence-corrected chi connectivity index (χ4v) is 5.99. The summed E-state index contributed by atoms with van der Waals surface area (Å²) >= 11 is 0. The third kappa shape index (κ3) is 4.39. The molecule has 0 aliphatic carbocycles. The number of aromatic nitrogens is 2. The molecule has 0 radical (unpaired) electrons. The van der Waals surface area contributed by atoms with Crippen LogP contribution in [0.1, 0.15) is 43.7 Å². The number of ether oxygens (including phenoxy) is 1. The first-order valence-electron chi connectivity index (χ1n) is 14.0. The second kappa shape index (κ2) is 10.5. The molecule has 1 fully saturated rings. The molecule has 3 aromatic rings. The van der Waals surface area contributed by atoms with E-state index in [9.17, 15) is 14.3 Å². The molecule has 3 aliphatic heterocycles. The van der Waals surface area contributed by atoms with Crippen LogP contribution in [-0.4, -0.2) is 68.6 Å². The molecule has 42 heavy (non-hydrogen) atoms. The normalized spacial score (nSPS) is 21.5. The number of aryl methyl sites for hydroxylation is 1. The van der Waals surface area contributed by atoms with Crippen molar-refractivity contribution in [2.24, 2.45) is 10.9 Å². The molecule has 1 N–H and O–H groups in total. The van der Waals surface area contributed by atoms with Crippen LogP contribution < -0.4 is 4.90 Å². The van der Waals surface area contributed by atoms with Crippen molar-refractivity contribution < 1.29 is 23.4 Å². The number of nitrogens with zero attached hydrogens (tertiary/aromatic N) is 6. The van der Waals surface area contributed by atoms with Crippen LogP contribution in [0.4, 0.5) is 20.3 Å². The molecule has 0 bridgehead atoms. The summed E-state index contributed by atoms with van der Waals surface area (Å²) in [6.45, 7) is 12.9. The van der Waals surface area contributed by atoms with Gasteiger partial charge in [0, 0.05) is 31.9 Å². The van der Waals surface area contributed by atoms with Gasteiger partial charge in [-0.25, -0.2) is 18.8 Å². The smallest absolute Gasteiger partial charge is 0.246 e. The SMILES string of the molecule is C=CC(=O)N1CCN(C2=NC3OC(C(C)C)c4nccc(C)c4N3c3nc(-c4c(O)cccc4F)c(F)cc32)[C@@H](C)C1. The number of carbonyl (C=O) groups excluding carboxylic acids is 1. The summed E-state index contributed by atoms with van der Waals surface area (Å²) in [5, 5.41) is 10.5. The van der Waals surface area contributed by atoms with Gasteiger partial charge in [-0.3, -0.25) is 14.7 Å². The zero-order valence-electron chi connectivity index (χ0n) is 23.9. The Labute approximate surface area is 242 Å². The molecule has 1 aromatic carbocycles. The molecule has 2 unspecified atom stereocenters. The quantitative estimate of drug-likeness (QED) is 0.437. The van der Waals surface area contributed by atoms with Crippen LogP contribution in [0.15, 0.2) is 54.2 Å². The maximum absolute atomic E-state index is 15.9. The zero-order chi connectivity index (χ0) is 29.9. The van der Waals surface area contributed by atoms with Crippen LogP contribution in [-0.2, 0) is 9.53 Å². The fourth-order valence-electron chi connectivity index (χ4n) is 5.99. The lowest BCUT2D eigenvalue weighted by atomic mass is 9.97. The Bertz CT molecular complexity index is 1610. The van der Waals surface area contributed by atoms with E-state index in [0.717, 1.165) is 17.3 Å². The molecular weight excluding hydrogens is 542 g/mol. The molecule has 1 saturated heterocycles. The molecule has 2 aromatic heterocycles. The number of aliphatic imine (C=N–C) groups is 1. The van der Waals surface area contributed by atoms with Crippen LogP contribution in [0.2, 0.25) is 0 Å². The Hall–Kier alpha value is -4.38. The number of phenolic OH excluding ortho intramolecular Hbond substituents is 1. The number of phenols is 1. The summed E-state index contributed by atoms with van der Waals surface area (Å²) in [6, 6.07) is 6.78. The van der Waals surface area contributed by atoms with Gasteiger partial charge in [-0.15, -0.1) is 0 Å². The zero-order valence-corrected chi connectivity index (χ0v) is 23.9. The third-order valence-electron chi connectivity index (χ3n) is 8.03. The van der Waals surface area contributed by atoms with E-state index in [2.05, 4.69) is 16.5 Å². The number of anilines is 2. The van der Waals surface area contributed by atoms with Gasteiger partial charge in [0.15, 0.2) is 5.82 Å². The lowest BCUT2D eigenvalue weighted by molar-refractivity contribution is -0.128. The van der Waals surface area contributed by atoms with Gasteiger partial charge < -0.3 is 19.6 Å². The second-order valence-electron chi connectivity index (χ2n) is 11.2. The van der Waals surface area contributed by atoms with Gasteiger partial charge in [0.05, 0.1) is 22.5 Å². The predicted molar refractivity (Wildman–Crippen MR) is 154 cm³/mol. The van der Waals surface area contributed by atoms with E-state index in [1.54, 1.807) is 16.0 Å². The van der Waals surface area contributed by atoms with Crippen molar-refractivity contribution >= 4 is 23.2 Å². The van der Waals surface area contributed by atoms with Crippen LogP contribution in [0.3, 0.4) is 0 Å². The van der Waals surface area contributed by atoms with Crippen molar-refractivity contribution in [3.8, 4) is 17.0 Å². The van der Waals surface area contributed by atoms with Crippen molar-refractivity contribution in [2.75, 3.05) is 24.5 Å². The molecule has 0 spiro atoms. The molecule has 3 aliphatic rings. The monoisotopic (exact) mass is 574 g/mol. The van der Waals surface area contributed by atoms with Gasteiger partial charge in [0.25, 0.3) is 0 Å². The van der Waals surface area contributed by atoms with Gasteiger partial charge in [-0.1, -0.05) is 26.5 Å². The molecule has 218 valence electrons. The molecule has 11 heteroatoms. The van der Waals surface area contributed by atoms with Crippen molar-refractivity contribution in [3.05, 3.63) is 77.6 Å². The number of amidine groups is 1. The predicted octanol–water partition coefficient (Wildman–Crippen LogP) is 5.06. The highest BCUT2D eigenvalue weighted by Gasteiger charge is 2.44. The summed E-state index contributed by atoms with van der Waals surface area (Å²) in [4.78, 5) is 32.2. The summed E-state index contributed by atoms with van der Waals surface area (Å²) in [7, 11) is 0. The highest BCUT2D eigenvalue weighted by molar-refractivity contribution is 6.06. The number of fused-ring (bicyclic) bond motifs is 5. The van der Waals surface area contributed by atoms with E-state index in [0.29, 0.717) is 42.5 Å². The number of hydrogen-bond donors (Lipinski definition) is 1. The Balaban J connectivity index is 1.56. The molecule has 9 nitrogen and oxygen atoms in total. The first-order valence-corrected chi connectivity index (χ1v) is 14.0. The topological polar surface area (TPSA) is 94.4 Å². The Kier molecular flexibility index (Phi) is 6.92. The van der Waals surface area contributed by atoms with Gasteiger partial charge in [-0.05, 0) is 55.7 Å². The lowest BCUT2D eigenvalue weighted by Gasteiger charge is -2.47. The number of pyridine rings is 2. The van der Waals surface area contributed by atoms with E-state index < -0.39 is 23.7 Å². The fraction of sp³-hybridized carbons (Fsp3) is 0.355. The Morgan fingerprint density at radius 3 is 2.69 bits per heavy atom. The Morgan fingerprint density at radius 1 is 1.21 bits per heavy atom. The average Bonchev–Trinajstić information content (AvgIpc) is 2.96. The van der Waals surface area contributed by atoms with Crippen molar-refractivity contribution in [1.82, 2.24) is 19.8 Å². The molecule has 6 rings (SSSR count). The van der Waals surface area contributed by atoms with E-state index in [1.165, 1.54) is 24.3 Å². The second-order valence-corrected chi connectivity index (χ2v) is 11.2. The molecular formula is C31H32F2N6O3. The summed E-state index contributed by atoms with van der Waals surface area (Å²) < 4.78 is 37.5. The van der Waals surface area contributed by atoms with Gasteiger partial charge in [0.1, 0.15) is 35.0 Å². The first-order chi connectivity index (χ1) is 20.1. The van der Waals surface area contributed by atoms with Gasteiger partial charge >= 0.3 is 0 Å². The van der Waals surface area contributed by atoms with Crippen molar-refractivity contribution in [3.63, 3.8) is 0 Å². The number of halogens is 2. The number of piperazine rings is 1. The minimum atomic E-state index is -0.865. The minimum absolute atomic E-state index is 0.0692. The van der Waals surface area contributed by atoms with Gasteiger partial charge in [0.2, 0.25) is 12.3 Å². The number of hydrogen-bond acceptors (Lipinski definition) is 8. The van der Waals surface area contributed by atoms with Gasteiger partial charge in [-0.2, -0.15) is 0 Å². The van der Waals surface area contributed by atoms with E-state index in [1.807, 2.05) is 38.7 Å². The third-order valence-corrected chi connectivity index (χ3v) is 8.03. The van der Waals surface area contributed by atoms with Crippen LogP contribution in [0.5, 0.6) is 5.75 Å². The highest BCUT2D eigenvalue weighted by atomic mass is 19.1. The largest absolute Gasteiger partial charge is 0.507 e. The lowest BCUT2D eigenvalue weighted by Crippen LogP contribution is -2.57. The molecule has 1 amide bonds. The average molecular weight is 575 g/mol. The molecule has 3 atom stereocenters. The summed E-state index contributed by atoms with van der Waals surface area (Å²) in [5.41, 5.74) is 2.08. The summed E-state index contributed by atoms with van der Waals surface area (Å²) in [5.74, 6) is -1.35. The van der Waals surface area contributed by atoms with Crippen LogP contribution in [0, 0.1) is 24.5 Å². The highest BCUT2D eigenvalue weighted by Crippen LogP contribution is 2.48. The van der Waals surface area contributed by atoms with Crippen LogP contribution in [0.25, 0.3) is 11.3 Å². The van der Waals surface area contributed by atoms with E-state index in [4.69, 9.17) is 9.73 Å². The Morgan fingerprint density at radius 2 is 2.00 bits per heavy atom. The number of rotatable bonds is 3. The standard InChI is InChI=1S/C31H32F2N6O3/c1-6-23(41)37-12-13-38(18(5)15-37)29-19-14-21(33)25(24-20(32)8-7-9-22(24)40)35-30(19)39-27-17(4)10-11-34-26(27)28(16(2)3)42-31(39)36-29/h6-11,14,16,18,28,31,40H,1,12-13,15H2,2-5H3/t18-,28?,31?/m0/s1. The van der Waals surface area contributed by atoms with E-state index in [-0.39, 0.29) is 35.2 Å². The minimum Gasteiger partial charge on any atom is -0.507 e. The van der Waals surface area contributed by atoms with Crippen LogP contribution >= 0.6 is 0 Å². The van der Waals surface area contributed by atoms with Crippen molar-refractivity contribution in [1.29, 1.82) is 0 Å².